The Labute approximate surface area is 75.2 Å². The van der Waals surface area contributed by atoms with E-state index in [9.17, 15) is 8.42 Å². The second-order valence-corrected chi connectivity index (χ2v) is 6.11. The molecule has 0 aliphatic heterocycles. The summed E-state index contributed by atoms with van der Waals surface area (Å²) >= 11 is 0. The zero-order valence-corrected chi connectivity index (χ0v) is 9.07. The molecule has 0 saturated carbocycles. The summed E-state index contributed by atoms with van der Waals surface area (Å²) in [6.45, 7) is 7.19. The van der Waals surface area contributed by atoms with E-state index >= 15 is 0 Å². The summed E-state index contributed by atoms with van der Waals surface area (Å²) in [6.07, 6.45) is 1.73. The van der Waals surface area contributed by atoms with Crippen molar-refractivity contribution < 1.29 is 12.6 Å². The van der Waals surface area contributed by atoms with Crippen LogP contribution < -0.4 is 0 Å². The van der Waals surface area contributed by atoms with Crippen molar-refractivity contribution in [3.8, 4) is 0 Å². The molecule has 0 amide bonds. The largest absolute Gasteiger partial charge is 0.272 e. The first-order valence-corrected chi connectivity index (χ1v) is 5.61. The first-order chi connectivity index (χ1) is 5.31. The minimum absolute atomic E-state index is 0.302. The van der Waals surface area contributed by atoms with Gasteiger partial charge in [-0.1, -0.05) is 13.3 Å². The standard InChI is InChI=1S/C8H18O3S/c1-5-6-7-11-12(9,10)8(2,3)4/h5-7H2,1-4H3. The molecule has 0 spiro atoms. The Morgan fingerprint density at radius 3 is 2.08 bits per heavy atom. The Balaban J connectivity index is 4.08. The summed E-state index contributed by atoms with van der Waals surface area (Å²) in [7, 11) is -3.37. The number of hydrogen-bond acceptors (Lipinski definition) is 3. The van der Waals surface area contributed by atoms with E-state index < -0.39 is 14.9 Å². The molecule has 0 saturated heterocycles. The Bertz CT molecular complexity index is 211. The smallest absolute Gasteiger partial charge is 0.270 e. The van der Waals surface area contributed by atoms with E-state index in [0.717, 1.165) is 12.8 Å². The zero-order chi connectivity index (χ0) is 9.83. The van der Waals surface area contributed by atoms with Gasteiger partial charge in [0.2, 0.25) is 0 Å². The van der Waals surface area contributed by atoms with Crippen molar-refractivity contribution in [2.24, 2.45) is 0 Å². The van der Waals surface area contributed by atoms with Gasteiger partial charge < -0.3 is 0 Å². The second kappa shape index (κ2) is 4.23. The van der Waals surface area contributed by atoms with Crippen molar-refractivity contribution in [2.45, 2.75) is 45.3 Å². The van der Waals surface area contributed by atoms with E-state index in [1.165, 1.54) is 0 Å². The molecule has 0 fully saturated rings. The van der Waals surface area contributed by atoms with Gasteiger partial charge in [-0.3, -0.25) is 4.18 Å². The van der Waals surface area contributed by atoms with Crippen LogP contribution in [-0.4, -0.2) is 19.8 Å². The van der Waals surface area contributed by atoms with Crippen molar-refractivity contribution >= 4 is 10.1 Å². The minimum Gasteiger partial charge on any atom is -0.270 e. The molecular formula is C8H18O3S. The molecule has 0 heterocycles. The van der Waals surface area contributed by atoms with Gasteiger partial charge in [0.05, 0.1) is 11.4 Å². The van der Waals surface area contributed by atoms with Crippen LogP contribution in [0, 0.1) is 0 Å². The van der Waals surface area contributed by atoms with Gasteiger partial charge >= 0.3 is 0 Å². The van der Waals surface area contributed by atoms with Gasteiger partial charge in [-0.05, 0) is 27.2 Å². The maximum Gasteiger partial charge on any atom is 0.272 e. The van der Waals surface area contributed by atoms with Crippen LogP contribution in [0.3, 0.4) is 0 Å². The Morgan fingerprint density at radius 1 is 1.25 bits per heavy atom. The SMILES string of the molecule is CCCCOS(=O)(=O)C(C)(C)C. The van der Waals surface area contributed by atoms with E-state index in [1.807, 2.05) is 6.92 Å². The van der Waals surface area contributed by atoms with E-state index in [2.05, 4.69) is 0 Å². The second-order valence-electron chi connectivity index (χ2n) is 3.74. The molecule has 0 rings (SSSR count). The highest BCUT2D eigenvalue weighted by molar-refractivity contribution is 7.88. The molecule has 0 aromatic rings. The van der Waals surface area contributed by atoms with Crippen LogP contribution in [0.1, 0.15) is 40.5 Å². The summed E-state index contributed by atoms with van der Waals surface area (Å²) in [6, 6.07) is 0. The molecular weight excluding hydrogens is 176 g/mol. The van der Waals surface area contributed by atoms with Gasteiger partial charge in [-0.2, -0.15) is 8.42 Å². The number of hydrogen-bond donors (Lipinski definition) is 0. The van der Waals surface area contributed by atoms with Crippen LogP contribution in [0.15, 0.2) is 0 Å². The van der Waals surface area contributed by atoms with Crippen LogP contribution in [-0.2, 0) is 14.3 Å². The van der Waals surface area contributed by atoms with E-state index in [1.54, 1.807) is 20.8 Å². The molecule has 0 aromatic carbocycles. The lowest BCUT2D eigenvalue weighted by Crippen LogP contribution is -2.30. The molecule has 0 radical (unpaired) electrons. The maximum atomic E-state index is 11.3. The summed E-state index contributed by atoms with van der Waals surface area (Å²) < 4.78 is 26.6. The summed E-state index contributed by atoms with van der Waals surface area (Å²) in [5.41, 5.74) is 0. The highest BCUT2D eigenvalue weighted by Gasteiger charge is 2.29. The fraction of sp³-hybridized carbons (Fsp3) is 1.00. The monoisotopic (exact) mass is 194 g/mol. The molecule has 4 heteroatoms. The fourth-order valence-corrected chi connectivity index (χ4v) is 1.18. The van der Waals surface area contributed by atoms with Crippen LogP contribution in [0.25, 0.3) is 0 Å². The third-order valence-corrected chi connectivity index (χ3v) is 3.46. The highest BCUT2D eigenvalue weighted by atomic mass is 32.2. The minimum atomic E-state index is -3.37. The van der Waals surface area contributed by atoms with Crippen LogP contribution in [0.4, 0.5) is 0 Å². The van der Waals surface area contributed by atoms with Gasteiger partial charge in [0.15, 0.2) is 0 Å². The van der Waals surface area contributed by atoms with E-state index in [0.29, 0.717) is 6.61 Å². The predicted octanol–water partition coefficient (Wildman–Crippen LogP) is 1.93. The van der Waals surface area contributed by atoms with Crippen molar-refractivity contribution in [2.75, 3.05) is 6.61 Å². The van der Waals surface area contributed by atoms with Crippen LogP contribution in [0.2, 0.25) is 0 Å². The molecule has 3 nitrogen and oxygen atoms in total. The van der Waals surface area contributed by atoms with Gasteiger partial charge in [-0.15, -0.1) is 0 Å². The summed E-state index contributed by atoms with van der Waals surface area (Å²) in [5.74, 6) is 0. The maximum absolute atomic E-state index is 11.3. The molecule has 0 aromatic heterocycles. The molecule has 0 unspecified atom stereocenters. The molecule has 0 atom stereocenters. The Hall–Kier alpha value is -0.0900. The molecule has 74 valence electrons. The van der Waals surface area contributed by atoms with Crippen molar-refractivity contribution in [1.29, 1.82) is 0 Å². The lowest BCUT2D eigenvalue weighted by molar-refractivity contribution is 0.298. The van der Waals surface area contributed by atoms with E-state index in [-0.39, 0.29) is 0 Å². The van der Waals surface area contributed by atoms with Gasteiger partial charge in [0.25, 0.3) is 10.1 Å². The van der Waals surface area contributed by atoms with Crippen molar-refractivity contribution in [1.82, 2.24) is 0 Å². The fourth-order valence-electron chi connectivity index (χ4n) is 0.490. The van der Waals surface area contributed by atoms with Crippen LogP contribution in [0.5, 0.6) is 0 Å². The third-order valence-electron chi connectivity index (χ3n) is 1.49. The lowest BCUT2D eigenvalue weighted by Gasteiger charge is -2.18. The summed E-state index contributed by atoms with van der Waals surface area (Å²) in [4.78, 5) is 0. The number of unbranched alkanes of at least 4 members (excludes halogenated alkanes) is 1. The number of rotatable bonds is 4. The average molecular weight is 194 g/mol. The first-order valence-electron chi connectivity index (χ1n) is 4.20. The van der Waals surface area contributed by atoms with E-state index in [4.69, 9.17) is 4.18 Å². The van der Waals surface area contributed by atoms with Crippen molar-refractivity contribution in [3.05, 3.63) is 0 Å². The molecule has 0 bridgehead atoms. The molecule has 0 aliphatic rings. The zero-order valence-electron chi connectivity index (χ0n) is 8.25. The normalized spacial score (nSPS) is 13.3. The average Bonchev–Trinajstić information content (AvgIpc) is 1.85. The van der Waals surface area contributed by atoms with Gasteiger partial charge in [0.1, 0.15) is 0 Å². The van der Waals surface area contributed by atoms with Gasteiger partial charge in [-0.25, -0.2) is 0 Å². The topological polar surface area (TPSA) is 43.4 Å². The van der Waals surface area contributed by atoms with Crippen molar-refractivity contribution in [3.63, 3.8) is 0 Å². The van der Waals surface area contributed by atoms with Gasteiger partial charge in [0, 0.05) is 0 Å². The molecule has 12 heavy (non-hydrogen) atoms. The Kier molecular flexibility index (Phi) is 4.20. The molecule has 0 aliphatic carbocycles. The predicted molar refractivity (Wildman–Crippen MR) is 49.5 cm³/mol. The molecule has 0 N–H and O–H groups in total. The van der Waals surface area contributed by atoms with Crippen LogP contribution >= 0.6 is 0 Å². The third kappa shape index (κ3) is 3.54. The lowest BCUT2D eigenvalue weighted by atomic mass is 10.3. The summed E-state index contributed by atoms with van der Waals surface area (Å²) in [5, 5.41) is 0. The first kappa shape index (κ1) is 11.9. The highest BCUT2D eigenvalue weighted by Crippen LogP contribution is 2.17. The Morgan fingerprint density at radius 2 is 1.75 bits per heavy atom. The quantitative estimate of drug-likeness (QED) is 0.507.